The molecular weight excluding hydrogens is 228 g/mol. The number of anilines is 1. The van der Waals surface area contributed by atoms with Crippen LogP contribution in [-0.4, -0.2) is 17.3 Å². The predicted molar refractivity (Wildman–Crippen MR) is 67.5 cm³/mol. The van der Waals surface area contributed by atoms with Crippen LogP contribution in [0.4, 0.5) is 5.82 Å². The number of aromatic nitrogens is 1. The lowest BCUT2D eigenvalue weighted by molar-refractivity contribution is 0.112. The van der Waals surface area contributed by atoms with Gasteiger partial charge in [0.2, 0.25) is 0 Å². The Labute approximate surface area is 105 Å². The summed E-state index contributed by atoms with van der Waals surface area (Å²) < 4.78 is 5.38. The minimum atomic E-state index is 0.546. The number of furan rings is 1. The molecule has 1 fully saturated rings. The first-order valence-corrected chi connectivity index (χ1v) is 6.07. The summed E-state index contributed by atoms with van der Waals surface area (Å²) in [6.07, 6.45) is 6.49. The molecule has 2 heterocycles. The van der Waals surface area contributed by atoms with Crippen molar-refractivity contribution in [2.75, 3.05) is 4.90 Å². The van der Waals surface area contributed by atoms with Gasteiger partial charge >= 0.3 is 0 Å². The molecule has 0 N–H and O–H groups in total. The third kappa shape index (κ3) is 2.27. The van der Waals surface area contributed by atoms with E-state index < -0.39 is 0 Å². The number of hydrogen-bond donors (Lipinski definition) is 0. The van der Waals surface area contributed by atoms with E-state index in [1.807, 2.05) is 18.2 Å². The van der Waals surface area contributed by atoms with Gasteiger partial charge in [0.25, 0.3) is 0 Å². The molecule has 0 aliphatic heterocycles. The van der Waals surface area contributed by atoms with E-state index in [1.165, 1.54) is 12.8 Å². The predicted octanol–water partition coefficient (Wildman–Crippen LogP) is 2.66. The van der Waals surface area contributed by atoms with E-state index in [0.717, 1.165) is 24.4 Å². The highest BCUT2D eigenvalue weighted by Gasteiger charge is 2.30. The van der Waals surface area contributed by atoms with Gasteiger partial charge in [0.15, 0.2) is 6.29 Å². The van der Waals surface area contributed by atoms with Crippen molar-refractivity contribution < 1.29 is 9.21 Å². The van der Waals surface area contributed by atoms with Gasteiger partial charge in [-0.1, -0.05) is 0 Å². The fraction of sp³-hybridized carbons (Fsp3) is 0.286. The standard InChI is InChI=1S/C14H14N2O2/c17-10-11-3-6-14(15-8-11)16(12-4-5-12)9-13-2-1-7-18-13/h1-3,6-8,10,12H,4-5,9H2. The minimum Gasteiger partial charge on any atom is -0.467 e. The third-order valence-electron chi connectivity index (χ3n) is 3.10. The van der Waals surface area contributed by atoms with E-state index in [0.29, 0.717) is 11.6 Å². The maximum atomic E-state index is 10.6. The van der Waals surface area contributed by atoms with Crippen molar-refractivity contribution in [3.05, 3.63) is 48.0 Å². The van der Waals surface area contributed by atoms with Gasteiger partial charge in [0.1, 0.15) is 11.6 Å². The molecule has 0 atom stereocenters. The van der Waals surface area contributed by atoms with Gasteiger partial charge < -0.3 is 9.32 Å². The molecule has 1 saturated carbocycles. The van der Waals surface area contributed by atoms with E-state index in [4.69, 9.17) is 4.42 Å². The molecule has 18 heavy (non-hydrogen) atoms. The number of nitrogens with zero attached hydrogens (tertiary/aromatic N) is 2. The highest BCUT2D eigenvalue weighted by Crippen LogP contribution is 2.32. The maximum absolute atomic E-state index is 10.6. The molecule has 4 nitrogen and oxygen atoms in total. The summed E-state index contributed by atoms with van der Waals surface area (Å²) in [5.41, 5.74) is 0.604. The van der Waals surface area contributed by atoms with Crippen LogP contribution in [0.5, 0.6) is 0 Å². The van der Waals surface area contributed by atoms with Gasteiger partial charge in [-0.2, -0.15) is 0 Å². The summed E-state index contributed by atoms with van der Waals surface area (Å²) in [6, 6.07) is 8.10. The molecule has 1 aliphatic carbocycles. The first-order chi connectivity index (χ1) is 8.86. The van der Waals surface area contributed by atoms with Gasteiger partial charge in [0, 0.05) is 17.8 Å². The summed E-state index contributed by atoms with van der Waals surface area (Å²) in [5.74, 6) is 1.84. The Hall–Kier alpha value is -2.10. The Kier molecular flexibility index (Phi) is 2.84. The number of aldehydes is 1. The molecule has 2 aromatic rings. The molecular formula is C14H14N2O2. The number of pyridine rings is 1. The summed E-state index contributed by atoms with van der Waals surface area (Å²) in [4.78, 5) is 17.2. The van der Waals surface area contributed by atoms with Crippen molar-refractivity contribution in [3.8, 4) is 0 Å². The first kappa shape index (κ1) is 11.0. The molecule has 2 aromatic heterocycles. The first-order valence-electron chi connectivity index (χ1n) is 6.07. The second-order valence-corrected chi connectivity index (χ2v) is 4.51. The zero-order chi connectivity index (χ0) is 12.4. The van der Waals surface area contributed by atoms with E-state index >= 15 is 0 Å². The largest absolute Gasteiger partial charge is 0.467 e. The van der Waals surface area contributed by atoms with Gasteiger partial charge in [0.05, 0.1) is 12.8 Å². The van der Waals surface area contributed by atoms with E-state index in [1.54, 1.807) is 18.5 Å². The summed E-state index contributed by atoms with van der Waals surface area (Å²) in [7, 11) is 0. The second kappa shape index (κ2) is 4.64. The summed E-state index contributed by atoms with van der Waals surface area (Å²) in [6.45, 7) is 0.727. The topological polar surface area (TPSA) is 46.3 Å². The van der Waals surface area contributed by atoms with Crippen LogP contribution in [-0.2, 0) is 6.54 Å². The van der Waals surface area contributed by atoms with Gasteiger partial charge in [-0.05, 0) is 37.1 Å². The SMILES string of the molecule is O=Cc1ccc(N(Cc2ccco2)C2CC2)nc1. The Morgan fingerprint density at radius 3 is 2.83 bits per heavy atom. The van der Waals surface area contributed by atoms with Crippen LogP contribution in [0.2, 0.25) is 0 Å². The van der Waals surface area contributed by atoms with Crippen LogP contribution in [0.1, 0.15) is 29.0 Å². The van der Waals surface area contributed by atoms with Crippen LogP contribution in [0.3, 0.4) is 0 Å². The van der Waals surface area contributed by atoms with Crippen LogP contribution in [0.15, 0.2) is 41.1 Å². The Bertz CT molecular complexity index is 515. The number of hydrogen-bond acceptors (Lipinski definition) is 4. The van der Waals surface area contributed by atoms with E-state index in [9.17, 15) is 4.79 Å². The molecule has 0 unspecified atom stereocenters. The Morgan fingerprint density at radius 1 is 1.39 bits per heavy atom. The lowest BCUT2D eigenvalue weighted by Crippen LogP contribution is -2.25. The molecule has 0 saturated heterocycles. The fourth-order valence-electron chi connectivity index (χ4n) is 1.99. The third-order valence-corrected chi connectivity index (χ3v) is 3.10. The Balaban J connectivity index is 1.82. The van der Waals surface area contributed by atoms with Crippen LogP contribution >= 0.6 is 0 Å². The molecule has 4 heteroatoms. The average Bonchev–Trinajstić information content (AvgIpc) is 3.13. The fourth-order valence-corrected chi connectivity index (χ4v) is 1.99. The average molecular weight is 242 g/mol. The minimum absolute atomic E-state index is 0.546. The van der Waals surface area contributed by atoms with Crippen molar-refractivity contribution in [2.45, 2.75) is 25.4 Å². The van der Waals surface area contributed by atoms with Crippen molar-refractivity contribution >= 4 is 12.1 Å². The van der Waals surface area contributed by atoms with Crippen LogP contribution < -0.4 is 4.90 Å². The van der Waals surface area contributed by atoms with E-state index in [-0.39, 0.29) is 0 Å². The maximum Gasteiger partial charge on any atom is 0.151 e. The number of carbonyl (C=O) groups excluding carboxylic acids is 1. The Morgan fingerprint density at radius 2 is 2.28 bits per heavy atom. The zero-order valence-electron chi connectivity index (χ0n) is 9.95. The lowest BCUT2D eigenvalue weighted by atomic mass is 10.3. The zero-order valence-corrected chi connectivity index (χ0v) is 9.95. The molecule has 0 radical (unpaired) electrons. The molecule has 0 spiro atoms. The normalized spacial score (nSPS) is 14.4. The molecule has 92 valence electrons. The van der Waals surface area contributed by atoms with Gasteiger partial charge in [-0.15, -0.1) is 0 Å². The van der Waals surface area contributed by atoms with E-state index in [2.05, 4.69) is 9.88 Å². The van der Waals surface area contributed by atoms with Crippen molar-refractivity contribution in [2.24, 2.45) is 0 Å². The highest BCUT2D eigenvalue weighted by atomic mass is 16.3. The highest BCUT2D eigenvalue weighted by molar-refractivity contribution is 5.74. The summed E-state index contributed by atoms with van der Waals surface area (Å²) >= 11 is 0. The summed E-state index contributed by atoms with van der Waals surface area (Å²) in [5, 5.41) is 0. The van der Waals surface area contributed by atoms with Crippen LogP contribution in [0.25, 0.3) is 0 Å². The van der Waals surface area contributed by atoms with Crippen molar-refractivity contribution in [3.63, 3.8) is 0 Å². The molecule has 0 aromatic carbocycles. The molecule has 0 bridgehead atoms. The van der Waals surface area contributed by atoms with Crippen molar-refractivity contribution in [1.82, 2.24) is 4.98 Å². The quantitative estimate of drug-likeness (QED) is 0.756. The lowest BCUT2D eigenvalue weighted by Gasteiger charge is -2.22. The van der Waals surface area contributed by atoms with Crippen molar-refractivity contribution in [1.29, 1.82) is 0 Å². The monoisotopic (exact) mass is 242 g/mol. The smallest absolute Gasteiger partial charge is 0.151 e. The number of carbonyl (C=O) groups is 1. The molecule has 3 rings (SSSR count). The second-order valence-electron chi connectivity index (χ2n) is 4.51. The molecule has 0 amide bonds. The van der Waals surface area contributed by atoms with Gasteiger partial charge in [-0.3, -0.25) is 4.79 Å². The number of rotatable bonds is 5. The molecule has 1 aliphatic rings. The van der Waals surface area contributed by atoms with Gasteiger partial charge in [-0.25, -0.2) is 4.98 Å². The van der Waals surface area contributed by atoms with Crippen LogP contribution in [0, 0.1) is 0 Å².